The molecule has 1 saturated carbocycles. The van der Waals surface area contributed by atoms with Gasteiger partial charge in [-0.05, 0) is 37.3 Å². The number of anilines is 1. The standard InChI is InChI=1S/C22H35N3O2/c1-16-7-5-10-21(17(16)2)23-22(26)18(3)24-11-13-25(14-12-24)19-8-6-9-20(15-19)27-4/h6,8-9,15-18,21H,5,7,10-14H2,1-4H3,(H,23,26)/p+1/t16-,17-,18-,21-/m1/s1. The predicted molar refractivity (Wildman–Crippen MR) is 109 cm³/mol. The molecular weight excluding hydrogens is 338 g/mol. The van der Waals surface area contributed by atoms with Gasteiger partial charge in [0.05, 0.1) is 33.3 Å². The van der Waals surface area contributed by atoms with E-state index in [0.717, 1.165) is 38.3 Å². The van der Waals surface area contributed by atoms with Crippen LogP contribution in [0, 0.1) is 11.8 Å². The van der Waals surface area contributed by atoms with Crippen LogP contribution in [0.5, 0.6) is 5.75 Å². The Bertz CT molecular complexity index is 628. The van der Waals surface area contributed by atoms with E-state index in [0.29, 0.717) is 17.9 Å². The Morgan fingerprint density at radius 2 is 2.00 bits per heavy atom. The number of hydrogen-bond acceptors (Lipinski definition) is 3. The van der Waals surface area contributed by atoms with Gasteiger partial charge in [0, 0.05) is 17.8 Å². The minimum Gasteiger partial charge on any atom is -0.497 e. The molecule has 1 aromatic carbocycles. The van der Waals surface area contributed by atoms with E-state index in [4.69, 9.17) is 4.74 Å². The maximum absolute atomic E-state index is 12.8. The van der Waals surface area contributed by atoms with Gasteiger partial charge in [-0.15, -0.1) is 0 Å². The summed E-state index contributed by atoms with van der Waals surface area (Å²) in [6.45, 7) is 10.6. The molecule has 1 saturated heterocycles. The Balaban J connectivity index is 1.51. The molecule has 150 valence electrons. The van der Waals surface area contributed by atoms with Crippen molar-refractivity contribution in [3.05, 3.63) is 24.3 Å². The van der Waals surface area contributed by atoms with Crippen LogP contribution in [0.1, 0.15) is 40.0 Å². The number of amides is 1. The van der Waals surface area contributed by atoms with Crippen molar-refractivity contribution in [3.8, 4) is 5.75 Å². The van der Waals surface area contributed by atoms with Crippen LogP contribution >= 0.6 is 0 Å². The quantitative estimate of drug-likeness (QED) is 0.825. The number of benzene rings is 1. The Hall–Kier alpha value is -1.75. The van der Waals surface area contributed by atoms with Crippen molar-refractivity contribution in [3.63, 3.8) is 0 Å². The lowest BCUT2D eigenvalue weighted by Crippen LogP contribution is -3.19. The van der Waals surface area contributed by atoms with Crippen LogP contribution in [0.2, 0.25) is 0 Å². The maximum atomic E-state index is 12.8. The molecule has 0 aromatic heterocycles. The van der Waals surface area contributed by atoms with Crippen molar-refractivity contribution in [1.82, 2.24) is 5.32 Å². The molecule has 0 unspecified atom stereocenters. The van der Waals surface area contributed by atoms with Gasteiger partial charge < -0.3 is 19.9 Å². The lowest BCUT2D eigenvalue weighted by Gasteiger charge is -2.38. The highest BCUT2D eigenvalue weighted by Gasteiger charge is 2.33. The van der Waals surface area contributed by atoms with E-state index in [1.807, 2.05) is 12.1 Å². The topological polar surface area (TPSA) is 46.0 Å². The first-order valence-corrected chi connectivity index (χ1v) is 10.5. The van der Waals surface area contributed by atoms with E-state index < -0.39 is 0 Å². The van der Waals surface area contributed by atoms with Gasteiger partial charge in [0.2, 0.25) is 0 Å². The fourth-order valence-corrected chi connectivity index (χ4v) is 4.57. The number of nitrogens with zero attached hydrogens (tertiary/aromatic N) is 1. The average molecular weight is 375 g/mol. The van der Waals surface area contributed by atoms with E-state index in [2.05, 4.69) is 43.1 Å². The van der Waals surface area contributed by atoms with E-state index in [-0.39, 0.29) is 11.9 Å². The maximum Gasteiger partial charge on any atom is 0.278 e. The first-order chi connectivity index (χ1) is 13.0. The van der Waals surface area contributed by atoms with E-state index in [9.17, 15) is 4.79 Å². The molecule has 2 fully saturated rings. The lowest BCUT2D eigenvalue weighted by atomic mass is 9.78. The number of carbonyl (C=O) groups is 1. The fraction of sp³-hybridized carbons (Fsp3) is 0.682. The average Bonchev–Trinajstić information content (AvgIpc) is 2.71. The molecular formula is C22H36N3O2+. The summed E-state index contributed by atoms with van der Waals surface area (Å²) in [5.74, 6) is 2.41. The lowest BCUT2D eigenvalue weighted by molar-refractivity contribution is -0.914. The summed E-state index contributed by atoms with van der Waals surface area (Å²) in [7, 11) is 1.70. The van der Waals surface area contributed by atoms with Crippen LogP contribution in [0.3, 0.4) is 0 Å². The Kier molecular flexibility index (Phi) is 6.64. The molecule has 27 heavy (non-hydrogen) atoms. The molecule has 1 aliphatic heterocycles. The van der Waals surface area contributed by atoms with Crippen molar-refractivity contribution in [2.45, 2.75) is 52.1 Å². The molecule has 0 radical (unpaired) electrons. The summed E-state index contributed by atoms with van der Waals surface area (Å²) in [5, 5.41) is 3.36. The Morgan fingerprint density at radius 3 is 2.70 bits per heavy atom. The van der Waals surface area contributed by atoms with Gasteiger partial charge in [-0.2, -0.15) is 0 Å². The number of methoxy groups -OCH3 is 1. The van der Waals surface area contributed by atoms with Crippen molar-refractivity contribution >= 4 is 11.6 Å². The summed E-state index contributed by atoms with van der Waals surface area (Å²) in [5.41, 5.74) is 1.20. The van der Waals surface area contributed by atoms with Crippen LogP contribution in [0.4, 0.5) is 5.69 Å². The third kappa shape index (κ3) is 4.75. The third-order valence-electron chi connectivity index (χ3n) is 6.86. The molecule has 2 aliphatic rings. The van der Waals surface area contributed by atoms with Gasteiger partial charge in [0.25, 0.3) is 5.91 Å². The number of nitrogens with one attached hydrogen (secondary N) is 2. The number of hydrogen-bond donors (Lipinski definition) is 2. The van der Waals surface area contributed by atoms with E-state index in [1.165, 1.54) is 23.4 Å². The zero-order chi connectivity index (χ0) is 19.4. The van der Waals surface area contributed by atoms with Gasteiger partial charge in [-0.3, -0.25) is 4.79 Å². The first kappa shape index (κ1) is 20.0. The second-order valence-electron chi connectivity index (χ2n) is 8.45. The normalized spacial score (nSPS) is 27.9. The summed E-state index contributed by atoms with van der Waals surface area (Å²) in [4.78, 5) is 16.6. The number of rotatable bonds is 5. The molecule has 3 rings (SSSR count). The zero-order valence-corrected chi connectivity index (χ0v) is 17.3. The molecule has 1 heterocycles. The molecule has 5 nitrogen and oxygen atoms in total. The van der Waals surface area contributed by atoms with Crippen molar-refractivity contribution in [1.29, 1.82) is 0 Å². The minimum atomic E-state index is 0.0156. The second-order valence-corrected chi connectivity index (χ2v) is 8.45. The van der Waals surface area contributed by atoms with Gasteiger partial charge >= 0.3 is 0 Å². The predicted octanol–water partition coefficient (Wildman–Crippen LogP) is 1.73. The van der Waals surface area contributed by atoms with Crippen LogP contribution in [0.15, 0.2) is 24.3 Å². The summed E-state index contributed by atoms with van der Waals surface area (Å²) in [6, 6.07) is 8.60. The first-order valence-electron chi connectivity index (χ1n) is 10.5. The van der Waals surface area contributed by atoms with E-state index >= 15 is 0 Å². The highest BCUT2D eigenvalue weighted by atomic mass is 16.5. The van der Waals surface area contributed by atoms with Crippen LogP contribution in [0.25, 0.3) is 0 Å². The Labute approximate surface area is 164 Å². The second kappa shape index (κ2) is 8.96. The summed E-state index contributed by atoms with van der Waals surface area (Å²) >= 11 is 0. The Morgan fingerprint density at radius 1 is 1.26 bits per heavy atom. The third-order valence-corrected chi connectivity index (χ3v) is 6.86. The largest absolute Gasteiger partial charge is 0.497 e. The summed E-state index contributed by atoms with van der Waals surface area (Å²) < 4.78 is 5.34. The van der Waals surface area contributed by atoms with Gasteiger partial charge in [-0.1, -0.05) is 32.8 Å². The van der Waals surface area contributed by atoms with Crippen LogP contribution < -0.4 is 19.9 Å². The van der Waals surface area contributed by atoms with Crippen molar-refractivity contribution in [2.75, 3.05) is 38.2 Å². The highest BCUT2D eigenvalue weighted by molar-refractivity contribution is 5.80. The van der Waals surface area contributed by atoms with Crippen molar-refractivity contribution < 1.29 is 14.4 Å². The monoisotopic (exact) mass is 374 g/mol. The molecule has 0 spiro atoms. The number of ether oxygens (including phenoxy) is 1. The molecule has 1 amide bonds. The van der Waals surface area contributed by atoms with Crippen LogP contribution in [-0.4, -0.2) is 51.3 Å². The number of quaternary nitrogens is 1. The smallest absolute Gasteiger partial charge is 0.278 e. The van der Waals surface area contributed by atoms with Crippen LogP contribution in [-0.2, 0) is 4.79 Å². The van der Waals surface area contributed by atoms with Gasteiger partial charge in [0.15, 0.2) is 6.04 Å². The molecule has 1 aliphatic carbocycles. The molecule has 2 N–H and O–H groups in total. The highest BCUT2D eigenvalue weighted by Crippen LogP contribution is 2.29. The van der Waals surface area contributed by atoms with Gasteiger partial charge in [0.1, 0.15) is 5.75 Å². The summed E-state index contributed by atoms with van der Waals surface area (Å²) in [6.07, 6.45) is 3.65. The SMILES string of the molecule is COc1cccc(N2CC[NH+]([C@H](C)C(=O)N[C@@H]3CCC[C@@H](C)[C@H]3C)CC2)c1. The molecule has 0 bridgehead atoms. The molecule has 1 aromatic rings. The number of carbonyl (C=O) groups excluding carboxylic acids is 1. The molecule has 5 heteroatoms. The fourth-order valence-electron chi connectivity index (χ4n) is 4.57. The number of piperazine rings is 1. The minimum absolute atomic E-state index is 0.0156. The van der Waals surface area contributed by atoms with E-state index in [1.54, 1.807) is 7.11 Å². The van der Waals surface area contributed by atoms with Gasteiger partial charge in [-0.25, -0.2) is 0 Å². The molecule has 4 atom stereocenters. The zero-order valence-electron chi connectivity index (χ0n) is 17.3. The van der Waals surface area contributed by atoms with Crippen molar-refractivity contribution in [2.24, 2.45) is 11.8 Å².